The number of unbranched alkanes of at least 4 members (excludes halogenated alkanes) is 1. The first kappa shape index (κ1) is 10.9. The minimum atomic E-state index is -4.12. The van der Waals surface area contributed by atoms with Gasteiger partial charge in [-0.2, -0.15) is 8.42 Å². The fourth-order valence-electron chi connectivity index (χ4n) is 0.727. The van der Waals surface area contributed by atoms with Gasteiger partial charge in [0.2, 0.25) is 0 Å². The summed E-state index contributed by atoms with van der Waals surface area (Å²) in [6.45, 7) is 4.92. The lowest BCUT2D eigenvalue weighted by Crippen LogP contribution is -2.30. The van der Waals surface area contributed by atoms with E-state index in [1.165, 1.54) is 13.8 Å². The van der Waals surface area contributed by atoms with E-state index in [2.05, 4.69) is 0 Å². The summed E-state index contributed by atoms with van der Waals surface area (Å²) < 4.78 is 30.7. The molecule has 0 amide bonds. The van der Waals surface area contributed by atoms with Crippen molar-refractivity contribution in [2.45, 2.75) is 44.8 Å². The highest BCUT2D eigenvalue weighted by Crippen LogP contribution is 2.22. The van der Waals surface area contributed by atoms with Crippen LogP contribution >= 0.6 is 0 Å². The molecule has 0 aromatic carbocycles. The standard InChI is InChI=1S/C7H15O3S/c1-4-5-6-7(2,3)11(8,9)10/h4-6H2,1-3H3. The van der Waals surface area contributed by atoms with E-state index in [4.69, 9.17) is 0 Å². The summed E-state index contributed by atoms with van der Waals surface area (Å²) in [4.78, 5) is 0. The van der Waals surface area contributed by atoms with Crippen molar-refractivity contribution in [1.82, 2.24) is 0 Å². The largest absolute Gasteiger partial charge is 0.299 e. The van der Waals surface area contributed by atoms with Crippen molar-refractivity contribution in [3.8, 4) is 0 Å². The molecule has 0 aromatic heterocycles. The van der Waals surface area contributed by atoms with Crippen LogP contribution in [0.15, 0.2) is 0 Å². The molecule has 67 valence electrons. The van der Waals surface area contributed by atoms with Gasteiger partial charge in [-0.3, -0.25) is 0 Å². The van der Waals surface area contributed by atoms with Crippen molar-refractivity contribution >= 4 is 10.1 Å². The van der Waals surface area contributed by atoms with Gasteiger partial charge >= 0.3 is 0 Å². The van der Waals surface area contributed by atoms with E-state index in [0.29, 0.717) is 6.42 Å². The molecule has 4 heteroatoms. The van der Waals surface area contributed by atoms with E-state index < -0.39 is 14.9 Å². The molecule has 0 unspecified atom stereocenters. The monoisotopic (exact) mass is 179 g/mol. The minimum Gasteiger partial charge on any atom is -0.196 e. The van der Waals surface area contributed by atoms with Gasteiger partial charge < -0.3 is 0 Å². The zero-order chi connectivity index (χ0) is 9.12. The second-order valence-corrected chi connectivity index (χ2v) is 5.33. The molecule has 0 bridgehead atoms. The summed E-state index contributed by atoms with van der Waals surface area (Å²) in [5, 5.41) is 0. The molecule has 0 rings (SSSR count). The summed E-state index contributed by atoms with van der Waals surface area (Å²) in [5.41, 5.74) is 0. The van der Waals surface area contributed by atoms with Crippen LogP contribution in [0.25, 0.3) is 0 Å². The summed E-state index contributed by atoms with van der Waals surface area (Å²) >= 11 is 0. The van der Waals surface area contributed by atoms with Crippen molar-refractivity contribution < 1.29 is 13.0 Å². The summed E-state index contributed by atoms with van der Waals surface area (Å²) in [6, 6.07) is 0. The summed E-state index contributed by atoms with van der Waals surface area (Å²) in [7, 11) is -4.12. The normalized spacial score (nSPS) is 13.5. The van der Waals surface area contributed by atoms with Crippen LogP contribution < -0.4 is 0 Å². The molecule has 0 aliphatic carbocycles. The summed E-state index contributed by atoms with van der Waals surface area (Å²) in [5.74, 6) is 0. The lowest BCUT2D eigenvalue weighted by molar-refractivity contribution is 0.373. The molecule has 0 aliphatic rings. The quantitative estimate of drug-likeness (QED) is 0.659. The predicted octanol–water partition coefficient (Wildman–Crippen LogP) is 1.72. The van der Waals surface area contributed by atoms with Crippen molar-refractivity contribution in [1.29, 1.82) is 0 Å². The average Bonchev–Trinajstić information content (AvgIpc) is 1.81. The first-order valence-electron chi connectivity index (χ1n) is 3.76. The molecule has 0 spiro atoms. The van der Waals surface area contributed by atoms with E-state index in [1.54, 1.807) is 0 Å². The molecule has 0 fully saturated rings. The smallest absolute Gasteiger partial charge is 0.196 e. The Bertz CT molecular complexity index is 204. The third-order valence-electron chi connectivity index (χ3n) is 1.81. The molecule has 0 heterocycles. The minimum absolute atomic E-state index is 0.454. The highest BCUT2D eigenvalue weighted by molar-refractivity contribution is 7.86. The van der Waals surface area contributed by atoms with Crippen molar-refractivity contribution in [3.63, 3.8) is 0 Å². The van der Waals surface area contributed by atoms with Gasteiger partial charge in [-0.05, 0) is 20.3 Å². The molecule has 3 nitrogen and oxygen atoms in total. The maximum absolute atomic E-state index is 10.6. The van der Waals surface area contributed by atoms with E-state index in [0.717, 1.165) is 12.8 Å². The molecule has 0 saturated carbocycles. The third kappa shape index (κ3) is 3.20. The second kappa shape index (κ2) is 3.54. The van der Waals surface area contributed by atoms with Gasteiger partial charge in [-0.1, -0.05) is 24.3 Å². The molecule has 11 heavy (non-hydrogen) atoms. The number of hydrogen-bond acceptors (Lipinski definition) is 2. The van der Waals surface area contributed by atoms with Gasteiger partial charge in [0, 0.05) is 0 Å². The molecule has 0 saturated heterocycles. The van der Waals surface area contributed by atoms with Crippen LogP contribution in [0, 0.1) is 0 Å². The maximum atomic E-state index is 10.6. The third-order valence-corrected chi connectivity index (χ3v) is 3.37. The summed E-state index contributed by atoms with van der Waals surface area (Å²) in [6.07, 6.45) is 2.16. The van der Waals surface area contributed by atoms with Gasteiger partial charge in [-0.15, -0.1) is 0 Å². The Labute approximate surface area is 68.6 Å². The van der Waals surface area contributed by atoms with Crippen LogP contribution in [0.3, 0.4) is 0 Å². The molecule has 0 atom stereocenters. The first-order valence-corrected chi connectivity index (χ1v) is 5.17. The van der Waals surface area contributed by atoms with Gasteiger partial charge in [0.1, 0.15) is 0 Å². The van der Waals surface area contributed by atoms with Crippen LogP contribution in [0.5, 0.6) is 0 Å². The van der Waals surface area contributed by atoms with Crippen molar-refractivity contribution in [3.05, 3.63) is 0 Å². The van der Waals surface area contributed by atoms with Gasteiger partial charge in [0.05, 0.1) is 4.75 Å². The highest BCUT2D eigenvalue weighted by atomic mass is 32.2. The molecule has 0 aromatic rings. The average molecular weight is 179 g/mol. The fourth-order valence-corrected chi connectivity index (χ4v) is 1.12. The van der Waals surface area contributed by atoms with Crippen molar-refractivity contribution in [2.75, 3.05) is 0 Å². The Morgan fingerprint density at radius 3 is 2.00 bits per heavy atom. The van der Waals surface area contributed by atoms with Gasteiger partial charge in [0.25, 0.3) is 10.1 Å². The Morgan fingerprint density at radius 2 is 1.73 bits per heavy atom. The molecule has 0 aliphatic heterocycles. The van der Waals surface area contributed by atoms with Crippen LogP contribution in [0.1, 0.15) is 40.0 Å². The fraction of sp³-hybridized carbons (Fsp3) is 1.00. The van der Waals surface area contributed by atoms with E-state index in [9.17, 15) is 13.0 Å². The Kier molecular flexibility index (Phi) is 3.51. The van der Waals surface area contributed by atoms with Gasteiger partial charge in [0.15, 0.2) is 0 Å². The molecule has 0 N–H and O–H groups in total. The molecular weight excluding hydrogens is 164 g/mol. The van der Waals surface area contributed by atoms with Crippen LogP contribution in [0.2, 0.25) is 0 Å². The molecular formula is C7H15O3S. The van der Waals surface area contributed by atoms with Crippen LogP contribution in [-0.2, 0) is 14.7 Å². The predicted molar refractivity (Wildman–Crippen MR) is 43.2 cm³/mol. The maximum Gasteiger partial charge on any atom is 0.299 e. The molecule has 1 radical (unpaired) electrons. The van der Waals surface area contributed by atoms with Crippen LogP contribution in [-0.4, -0.2) is 13.2 Å². The van der Waals surface area contributed by atoms with E-state index >= 15 is 0 Å². The lowest BCUT2D eigenvalue weighted by atomic mass is 10.1. The Hall–Kier alpha value is -0.0900. The zero-order valence-corrected chi connectivity index (χ0v) is 8.07. The Balaban J connectivity index is 4.24. The topological polar surface area (TPSA) is 54.0 Å². The highest BCUT2D eigenvalue weighted by Gasteiger charge is 2.32. The number of hydrogen-bond donors (Lipinski definition) is 0. The number of rotatable bonds is 4. The SMILES string of the molecule is CCCCC(C)(C)S([O])(=O)=O. The zero-order valence-electron chi connectivity index (χ0n) is 7.25. The Morgan fingerprint density at radius 1 is 1.27 bits per heavy atom. The first-order chi connectivity index (χ1) is 4.81. The second-order valence-electron chi connectivity index (χ2n) is 3.32. The lowest BCUT2D eigenvalue weighted by Gasteiger charge is -2.18. The van der Waals surface area contributed by atoms with Crippen molar-refractivity contribution in [2.24, 2.45) is 0 Å². The van der Waals surface area contributed by atoms with E-state index in [1.807, 2.05) is 6.92 Å². The van der Waals surface area contributed by atoms with E-state index in [-0.39, 0.29) is 0 Å². The van der Waals surface area contributed by atoms with Gasteiger partial charge in [-0.25, -0.2) is 0 Å². The van der Waals surface area contributed by atoms with Crippen LogP contribution in [0.4, 0.5) is 0 Å².